The fourth-order valence-electron chi connectivity index (χ4n) is 3.48. The van der Waals surface area contributed by atoms with Gasteiger partial charge in [0.05, 0.1) is 10.3 Å². The maximum absolute atomic E-state index is 13.2. The zero-order chi connectivity index (χ0) is 23.5. The Morgan fingerprint density at radius 1 is 1.03 bits per heavy atom. The van der Waals surface area contributed by atoms with Crippen LogP contribution < -0.4 is 16.4 Å². The first kappa shape index (κ1) is 22.3. The number of halogens is 1. The van der Waals surface area contributed by atoms with Crippen molar-refractivity contribution in [3.05, 3.63) is 86.9 Å². The first-order valence-electron chi connectivity index (χ1n) is 10.4. The van der Waals surface area contributed by atoms with E-state index in [4.69, 9.17) is 0 Å². The molecule has 0 saturated carbocycles. The number of benzene rings is 2. The number of aryl methyl sites for hydroxylation is 2. The number of carbonyl (C=O) groups excluding carboxylic acids is 2. The van der Waals surface area contributed by atoms with Crippen LogP contribution in [0.15, 0.2) is 59.4 Å². The minimum Gasteiger partial charge on any atom is -0.267 e. The minimum atomic E-state index is -0.628. The van der Waals surface area contributed by atoms with Crippen molar-refractivity contribution < 1.29 is 14.0 Å². The first-order valence-corrected chi connectivity index (χ1v) is 11.2. The number of hydrogen-bond acceptors (Lipinski definition) is 5. The van der Waals surface area contributed by atoms with Crippen LogP contribution in [0.4, 0.5) is 4.39 Å². The molecular weight excluding hydrogens is 443 g/mol. The van der Waals surface area contributed by atoms with Gasteiger partial charge >= 0.3 is 0 Å². The summed E-state index contributed by atoms with van der Waals surface area (Å²) in [5, 5.41) is 5.01. The lowest BCUT2D eigenvalue weighted by molar-refractivity contribution is 0.0845. The molecule has 0 bridgehead atoms. The second kappa shape index (κ2) is 9.33. The molecule has 7 nitrogen and oxygen atoms in total. The fourth-order valence-corrected chi connectivity index (χ4v) is 4.56. The fraction of sp³-hybridized carbons (Fsp3) is 0.167. The molecule has 0 radical (unpaired) electrons. The molecule has 0 atom stereocenters. The van der Waals surface area contributed by atoms with Crippen LogP contribution in [0.25, 0.3) is 21.2 Å². The molecule has 9 heteroatoms. The Labute approximate surface area is 192 Å². The highest BCUT2D eigenvalue weighted by Gasteiger charge is 2.19. The quantitative estimate of drug-likeness (QED) is 0.436. The van der Waals surface area contributed by atoms with Crippen LogP contribution in [-0.2, 0) is 6.54 Å². The molecule has 0 aliphatic heterocycles. The molecule has 168 valence electrons. The number of thiophene rings is 1. The SMILES string of the molecule is CCCn1nc(C(=O)NNC(=O)c2cc(C)c(-c3ccc(F)cc3)s2)c2ccccc2c1=O. The molecular formula is C24H21FN4O3S. The van der Waals surface area contributed by atoms with Gasteiger partial charge in [-0.2, -0.15) is 5.10 Å². The summed E-state index contributed by atoms with van der Waals surface area (Å²) in [4.78, 5) is 39.3. The molecule has 2 aromatic heterocycles. The van der Waals surface area contributed by atoms with Crippen molar-refractivity contribution in [1.82, 2.24) is 20.6 Å². The van der Waals surface area contributed by atoms with Gasteiger partial charge in [0, 0.05) is 16.8 Å². The first-order chi connectivity index (χ1) is 15.9. The molecule has 0 aliphatic carbocycles. The van der Waals surface area contributed by atoms with Crippen molar-refractivity contribution in [3.8, 4) is 10.4 Å². The molecule has 2 aromatic carbocycles. The summed E-state index contributed by atoms with van der Waals surface area (Å²) < 4.78 is 14.5. The number of rotatable bonds is 5. The minimum absolute atomic E-state index is 0.0494. The monoisotopic (exact) mass is 464 g/mol. The van der Waals surface area contributed by atoms with Crippen LogP contribution in [0.1, 0.15) is 39.1 Å². The molecule has 0 aliphatic rings. The number of hydrogen-bond donors (Lipinski definition) is 2. The summed E-state index contributed by atoms with van der Waals surface area (Å²) in [6.07, 6.45) is 0.678. The number of nitrogens with one attached hydrogen (secondary N) is 2. The zero-order valence-corrected chi connectivity index (χ0v) is 18.8. The second-order valence-electron chi connectivity index (χ2n) is 7.46. The Morgan fingerprint density at radius 3 is 2.39 bits per heavy atom. The van der Waals surface area contributed by atoms with E-state index < -0.39 is 11.8 Å². The van der Waals surface area contributed by atoms with Crippen LogP contribution in [0, 0.1) is 12.7 Å². The summed E-state index contributed by atoms with van der Waals surface area (Å²) in [5.74, 6) is -1.45. The van der Waals surface area contributed by atoms with Crippen molar-refractivity contribution >= 4 is 33.9 Å². The van der Waals surface area contributed by atoms with Crippen molar-refractivity contribution in [2.45, 2.75) is 26.8 Å². The van der Waals surface area contributed by atoms with Gasteiger partial charge in [-0.1, -0.05) is 37.3 Å². The molecule has 2 amide bonds. The predicted molar refractivity (Wildman–Crippen MR) is 126 cm³/mol. The Hall–Kier alpha value is -3.85. The molecule has 0 fully saturated rings. The van der Waals surface area contributed by atoms with Crippen molar-refractivity contribution in [2.24, 2.45) is 0 Å². The largest absolute Gasteiger partial charge is 0.290 e. The van der Waals surface area contributed by atoms with E-state index in [0.29, 0.717) is 28.6 Å². The molecule has 2 N–H and O–H groups in total. The average molecular weight is 465 g/mol. The van der Waals surface area contributed by atoms with Crippen LogP contribution in [0.3, 0.4) is 0 Å². The number of amides is 2. The third-order valence-electron chi connectivity index (χ3n) is 5.06. The maximum atomic E-state index is 13.2. The van der Waals surface area contributed by atoms with Crippen molar-refractivity contribution in [3.63, 3.8) is 0 Å². The lowest BCUT2D eigenvalue weighted by Crippen LogP contribution is -2.42. The van der Waals surface area contributed by atoms with Gasteiger partial charge in [0.15, 0.2) is 5.69 Å². The smallest absolute Gasteiger partial charge is 0.267 e. The van der Waals surface area contributed by atoms with Crippen LogP contribution in [0.2, 0.25) is 0 Å². The molecule has 4 aromatic rings. The van der Waals surface area contributed by atoms with E-state index in [1.807, 2.05) is 13.8 Å². The zero-order valence-electron chi connectivity index (χ0n) is 18.0. The van der Waals surface area contributed by atoms with Gasteiger partial charge in [-0.15, -0.1) is 11.3 Å². The van der Waals surface area contributed by atoms with E-state index >= 15 is 0 Å². The highest BCUT2D eigenvalue weighted by molar-refractivity contribution is 7.17. The van der Waals surface area contributed by atoms with Gasteiger partial charge in [0.1, 0.15) is 5.82 Å². The van der Waals surface area contributed by atoms with Gasteiger partial charge in [0.25, 0.3) is 17.4 Å². The van der Waals surface area contributed by atoms with Crippen LogP contribution in [-0.4, -0.2) is 21.6 Å². The number of nitrogens with zero attached hydrogens (tertiary/aromatic N) is 2. The standard InChI is InChI=1S/C24H21FN4O3S/c1-3-12-29-24(32)18-7-5-4-6-17(18)20(28-29)23(31)27-26-22(30)19-13-14(2)21(33-19)15-8-10-16(25)11-9-15/h4-11,13H,3,12H2,1-2H3,(H,26,30)(H,27,31). The third kappa shape index (κ3) is 4.54. The van der Waals surface area contributed by atoms with Gasteiger partial charge in [0.2, 0.25) is 0 Å². The Bertz CT molecular complexity index is 1410. The van der Waals surface area contributed by atoms with E-state index in [-0.39, 0.29) is 17.1 Å². The van der Waals surface area contributed by atoms with E-state index in [0.717, 1.165) is 16.0 Å². The second-order valence-corrected chi connectivity index (χ2v) is 8.51. The maximum Gasteiger partial charge on any atom is 0.290 e. The van der Waals surface area contributed by atoms with Gasteiger partial charge in [-0.25, -0.2) is 9.07 Å². The molecule has 33 heavy (non-hydrogen) atoms. The molecule has 2 heterocycles. The summed E-state index contributed by atoms with van der Waals surface area (Å²) in [6.45, 7) is 4.14. The van der Waals surface area contributed by atoms with Crippen molar-refractivity contribution in [1.29, 1.82) is 0 Å². The van der Waals surface area contributed by atoms with E-state index in [9.17, 15) is 18.8 Å². The molecule has 0 spiro atoms. The van der Waals surface area contributed by atoms with E-state index in [2.05, 4.69) is 16.0 Å². The number of carbonyl (C=O) groups is 2. The molecule has 0 saturated heterocycles. The predicted octanol–water partition coefficient (Wildman–Crippen LogP) is 4.06. The van der Waals surface area contributed by atoms with Gasteiger partial charge < -0.3 is 0 Å². The lowest BCUT2D eigenvalue weighted by Gasteiger charge is -2.11. The third-order valence-corrected chi connectivity index (χ3v) is 6.34. The number of fused-ring (bicyclic) bond motifs is 1. The Balaban J connectivity index is 1.55. The summed E-state index contributed by atoms with van der Waals surface area (Å²) in [5.41, 5.74) is 6.25. The summed E-state index contributed by atoms with van der Waals surface area (Å²) in [6, 6.07) is 14.5. The van der Waals surface area contributed by atoms with Gasteiger partial charge in [-0.05, 0) is 48.7 Å². The summed E-state index contributed by atoms with van der Waals surface area (Å²) >= 11 is 1.24. The van der Waals surface area contributed by atoms with E-state index in [1.54, 1.807) is 42.5 Å². The Kier molecular flexibility index (Phi) is 6.32. The van der Waals surface area contributed by atoms with Crippen molar-refractivity contribution in [2.75, 3.05) is 0 Å². The number of hydrazine groups is 1. The normalized spacial score (nSPS) is 10.9. The Morgan fingerprint density at radius 2 is 1.70 bits per heavy atom. The van der Waals surface area contributed by atoms with Crippen LogP contribution in [0.5, 0.6) is 0 Å². The van der Waals surface area contributed by atoms with E-state index in [1.165, 1.54) is 28.2 Å². The topological polar surface area (TPSA) is 93.1 Å². The van der Waals surface area contributed by atoms with Gasteiger partial charge in [-0.3, -0.25) is 25.2 Å². The number of aromatic nitrogens is 2. The average Bonchev–Trinajstić information content (AvgIpc) is 3.21. The summed E-state index contributed by atoms with van der Waals surface area (Å²) in [7, 11) is 0. The lowest BCUT2D eigenvalue weighted by atomic mass is 10.1. The molecule has 4 rings (SSSR count). The highest BCUT2D eigenvalue weighted by Crippen LogP contribution is 2.32. The van der Waals surface area contributed by atoms with Crippen LogP contribution >= 0.6 is 11.3 Å². The highest BCUT2D eigenvalue weighted by atomic mass is 32.1. The molecule has 0 unspecified atom stereocenters.